The standard InChI is InChI=1S/C10H17N3O2S/c1-3-7-16(14,15)13-9-5-6-10(11-4-2)12-8-9/h5-6,8,13H,3-4,7H2,1-2H3,(H,11,12). The molecule has 0 atom stereocenters. The van der Waals surface area contributed by atoms with Crippen LogP contribution in [0, 0.1) is 0 Å². The van der Waals surface area contributed by atoms with E-state index in [2.05, 4.69) is 15.0 Å². The van der Waals surface area contributed by atoms with Gasteiger partial charge in [0.25, 0.3) is 0 Å². The Kier molecular flexibility index (Phi) is 4.54. The maximum Gasteiger partial charge on any atom is 0.232 e. The maximum absolute atomic E-state index is 11.5. The normalized spacial score (nSPS) is 11.1. The molecule has 2 N–H and O–H groups in total. The summed E-state index contributed by atoms with van der Waals surface area (Å²) in [5.74, 6) is 0.864. The van der Waals surface area contributed by atoms with Crippen molar-refractivity contribution >= 4 is 21.5 Å². The molecule has 0 aromatic carbocycles. The molecule has 0 saturated heterocycles. The van der Waals surface area contributed by atoms with Gasteiger partial charge < -0.3 is 5.32 Å². The Bertz CT molecular complexity index is 414. The Morgan fingerprint density at radius 1 is 1.31 bits per heavy atom. The van der Waals surface area contributed by atoms with E-state index in [0.717, 1.165) is 12.4 Å². The van der Waals surface area contributed by atoms with Crippen LogP contribution in [0.15, 0.2) is 18.3 Å². The maximum atomic E-state index is 11.5. The molecule has 0 amide bonds. The minimum Gasteiger partial charge on any atom is -0.370 e. The molecular formula is C10H17N3O2S. The topological polar surface area (TPSA) is 71.1 Å². The molecule has 90 valence electrons. The van der Waals surface area contributed by atoms with Gasteiger partial charge in [0.15, 0.2) is 0 Å². The van der Waals surface area contributed by atoms with Gasteiger partial charge in [-0.25, -0.2) is 13.4 Å². The van der Waals surface area contributed by atoms with Gasteiger partial charge in [-0.1, -0.05) is 6.92 Å². The number of aromatic nitrogens is 1. The Morgan fingerprint density at radius 3 is 2.56 bits per heavy atom. The van der Waals surface area contributed by atoms with Crippen LogP contribution in [0.1, 0.15) is 20.3 Å². The minimum absolute atomic E-state index is 0.127. The zero-order valence-corrected chi connectivity index (χ0v) is 10.3. The summed E-state index contributed by atoms with van der Waals surface area (Å²) >= 11 is 0. The number of rotatable bonds is 6. The van der Waals surface area contributed by atoms with Crippen LogP contribution < -0.4 is 10.0 Å². The van der Waals surface area contributed by atoms with Crippen LogP contribution in [0.3, 0.4) is 0 Å². The third kappa shape index (κ3) is 4.06. The first kappa shape index (κ1) is 12.8. The quantitative estimate of drug-likeness (QED) is 0.797. The van der Waals surface area contributed by atoms with E-state index in [0.29, 0.717) is 12.1 Å². The highest BCUT2D eigenvalue weighted by molar-refractivity contribution is 7.92. The zero-order chi connectivity index (χ0) is 12.0. The fourth-order valence-electron chi connectivity index (χ4n) is 1.24. The van der Waals surface area contributed by atoms with Gasteiger partial charge in [-0.2, -0.15) is 0 Å². The van der Waals surface area contributed by atoms with E-state index in [-0.39, 0.29) is 5.75 Å². The van der Waals surface area contributed by atoms with Gasteiger partial charge in [0.2, 0.25) is 10.0 Å². The van der Waals surface area contributed by atoms with Crippen molar-refractivity contribution in [3.05, 3.63) is 18.3 Å². The molecule has 1 rings (SSSR count). The van der Waals surface area contributed by atoms with Crippen molar-refractivity contribution < 1.29 is 8.42 Å². The lowest BCUT2D eigenvalue weighted by Crippen LogP contribution is -2.16. The van der Waals surface area contributed by atoms with E-state index in [1.807, 2.05) is 13.8 Å². The fraction of sp³-hybridized carbons (Fsp3) is 0.500. The molecule has 1 heterocycles. The summed E-state index contributed by atoms with van der Waals surface area (Å²) in [4.78, 5) is 4.07. The monoisotopic (exact) mass is 243 g/mol. The molecule has 0 bridgehead atoms. The predicted molar refractivity (Wildman–Crippen MR) is 66.1 cm³/mol. The summed E-state index contributed by atoms with van der Waals surface area (Å²) in [5, 5.41) is 3.03. The van der Waals surface area contributed by atoms with Gasteiger partial charge in [-0.15, -0.1) is 0 Å². The number of nitrogens with zero attached hydrogens (tertiary/aromatic N) is 1. The van der Waals surface area contributed by atoms with Crippen molar-refractivity contribution in [2.75, 3.05) is 22.3 Å². The van der Waals surface area contributed by atoms with Gasteiger partial charge in [-0.3, -0.25) is 4.72 Å². The van der Waals surface area contributed by atoms with E-state index < -0.39 is 10.0 Å². The zero-order valence-electron chi connectivity index (χ0n) is 9.53. The first-order valence-electron chi connectivity index (χ1n) is 5.28. The summed E-state index contributed by atoms with van der Waals surface area (Å²) in [6.45, 7) is 4.58. The highest BCUT2D eigenvalue weighted by Crippen LogP contribution is 2.11. The molecule has 16 heavy (non-hydrogen) atoms. The van der Waals surface area contributed by atoms with Crippen LogP contribution in [-0.2, 0) is 10.0 Å². The molecule has 0 unspecified atom stereocenters. The van der Waals surface area contributed by atoms with Crippen LogP contribution in [0.25, 0.3) is 0 Å². The smallest absolute Gasteiger partial charge is 0.232 e. The largest absolute Gasteiger partial charge is 0.370 e. The van der Waals surface area contributed by atoms with Gasteiger partial charge in [0.05, 0.1) is 17.6 Å². The number of nitrogens with one attached hydrogen (secondary N) is 2. The van der Waals surface area contributed by atoms with Crippen molar-refractivity contribution in [1.29, 1.82) is 0 Å². The number of anilines is 2. The summed E-state index contributed by atoms with van der Waals surface area (Å²) in [6.07, 6.45) is 2.10. The van der Waals surface area contributed by atoms with Crippen molar-refractivity contribution in [1.82, 2.24) is 4.98 Å². The summed E-state index contributed by atoms with van der Waals surface area (Å²) < 4.78 is 25.4. The molecule has 0 saturated carbocycles. The van der Waals surface area contributed by atoms with E-state index in [1.54, 1.807) is 12.1 Å². The molecule has 0 aliphatic heterocycles. The van der Waals surface area contributed by atoms with Crippen LogP contribution in [0.5, 0.6) is 0 Å². The third-order valence-electron chi connectivity index (χ3n) is 1.87. The van der Waals surface area contributed by atoms with E-state index >= 15 is 0 Å². The second-order valence-electron chi connectivity index (χ2n) is 3.38. The van der Waals surface area contributed by atoms with Crippen LogP contribution >= 0.6 is 0 Å². The van der Waals surface area contributed by atoms with Gasteiger partial charge in [-0.05, 0) is 25.5 Å². The van der Waals surface area contributed by atoms with Crippen molar-refractivity contribution in [2.24, 2.45) is 0 Å². The average molecular weight is 243 g/mol. The average Bonchev–Trinajstić information content (AvgIpc) is 2.21. The Labute approximate surface area is 96.3 Å². The minimum atomic E-state index is -3.22. The van der Waals surface area contributed by atoms with Crippen LogP contribution in [0.2, 0.25) is 0 Å². The molecule has 1 aromatic rings. The van der Waals surface area contributed by atoms with E-state index in [4.69, 9.17) is 0 Å². The highest BCUT2D eigenvalue weighted by atomic mass is 32.2. The van der Waals surface area contributed by atoms with E-state index in [9.17, 15) is 8.42 Å². The lowest BCUT2D eigenvalue weighted by Gasteiger charge is -2.07. The summed E-state index contributed by atoms with van der Waals surface area (Å²) in [6, 6.07) is 3.44. The third-order valence-corrected chi connectivity index (χ3v) is 3.36. The second-order valence-corrected chi connectivity index (χ2v) is 5.23. The Balaban J connectivity index is 2.68. The highest BCUT2D eigenvalue weighted by Gasteiger charge is 2.08. The molecule has 0 fully saturated rings. The molecule has 6 heteroatoms. The Morgan fingerprint density at radius 2 is 2.06 bits per heavy atom. The Hall–Kier alpha value is -1.30. The van der Waals surface area contributed by atoms with Crippen LogP contribution in [-0.4, -0.2) is 25.7 Å². The number of hydrogen-bond donors (Lipinski definition) is 2. The number of pyridine rings is 1. The predicted octanol–water partition coefficient (Wildman–Crippen LogP) is 1.67. The first-order chi connectivity index (χ1) is 7.57. The lowest BCUT2D eigenvalue weighted by atomic mass is 10.4. The molecule has 0 spiro atoms. The first-order valence-corrected chi connectivity index (χ1v) is 6.93. The molecule has 0 radical (unpaired) electrons. The van der Waals surface area contributed by atoms with E-state index in [1.165, 1.54) is 6.20 Å². The van der Waals surface area contributed by atoms with Crippen molar-refractivity contribution in [2.45, 2.75) is 20.3 Å². The van der Waals surface area contributed by atoms with Crippen molar-refractivity contribution in [3.63, 3.8) is 0 Å². The lowest BCUT2D eigenvalue weighted by molar-refractivity contribution is 0.600. The van der Waals surface area contributed by atoms with Gasteiger partial charge in [0.1, 0.15) is 5.82 Å². The molecular weight excluding hydrogens is 226 g/mol. The van der Waals surface area contributed by atoms with Gasteiger partial charge >= 0.3 is 0 Å². The molecule has 5 nitrogen and oxygen atoms in total. The summed E-state index contributed by atoms with van der Waals surface area (Å²) in [7, 11) is -3.22. The van der Waals surface area contributed by atoms with Crippen molar-refractivity contribution in [3.8, 4) is 0 Å². The summed E-state index contributed by atoms with van der Waals surface area (Å²) in [5.41, 5.74) is 0.495. The van der Waals surface area contributed by atoms with Gasteiger partial charge in [0, 0.05) is 6.54 Å². The molecule has 0 aliphatic rings. The number of hydrogen-bond acceptors (Lipinski definition) is 4. The molecule has 1 aromatic heterocycles. The second kappa shape index (κ2) is 5.69. The molecule has 0 aliphatic carbocycles. The SMILES string of the molecule is CCCS(=O)(=O)Nc1ccc(NCC)nc1. The fourth-order valence-corrected chi connectivity index (χ4v) is 2.36. The number of sulfonamides is 1. The van der Waals surface area contributed by atoms with Crippen LogP contribution in [0.4, 0.5) is 11.5 Å².